The van der Waals surface area contributed by atoms with Crippen LogP contribution in [0.15, 0.2) is 35.4 Å². The van der Waals surface area contributed by atoms with Crippen molar-refractivity contribution in [3.63, 3.8) is 0 Å². The van der Waals surface area contributed by atoms with Gasteiger partial charge < -0.3 is 5.32 Å². The number of rotatable bonds is 4. The van der Waals surface area contributed by atoms with Crippen LogP contribution in [-0.2, 0) is 12.1 Å². The largest absolute Gasteiger partial charge is 0.377 e. The van der Waals surface area contributed by atoms with E-state index >= 15 is 0 Å². The van der Waals surface area contributed by atoms with E-state index in [1.54, 1.807) is 17.1 Å². The van der Waals surface area contributed by atoms with Crippen LogP contribution < -0.4 is 10.9 Å². The molecular formula is C20H23ClN4O. The highest BCUT2D eigenvalue weighted by Gasteiger charge is 2.53. The van der Waals surface area contributed by atoms with Crippen LogP contribution in [0.1, 0.15) is 44.2 Å². The van der Waals surface area contributed by atoms with Crippen LogP contribution in [0, 0.1) is 17.8 Å². The van der Waals surface area contributed by atoms with Crippen molar-refractivity contribution >= 4 is 17.3 Å². The molecule has 2 aromatic heterocycles. The van der Waals surface area contributed by atoms with Gasteiger partial charge in [0.15, 0.2) is 0 Å². The van der Waals surface area contributed by atoms with Crippen LogP contribution in [0.4, 0.5) is 5.69 Å². The molecule has 4 aliphatic carbocycles. The van der Waals surface area contributed by atoms with Crippen LogP contribution in [0.3, 0.4) is 0 Å². The molecule has 0 unspecified atom stereocenters. The molecule has 4 aliphatic rings. The summed E-state index contributed by atoms with van der Waals surface area (Å²) in [7, 11) is 0. The van der Waals surface area contributed by atoms with Crippen molar-refractivity contribution in [2.75, 3.05) is 5.32 Å². The maximum absolute atomic E-state index is 13.0. The predicted octanol–water partition coefficient (Wildman–Crippen LogP) is 3.83. The minimum atomic E-state index is -0.153. The van der Waals surface area contributed by atoms with Gasteiger partial charge in [0, 0.05) is 6.20 Å². The second-order valence-corrected chi connectivity index (χ2v) is 8.78. The maximum atomic E-state index is 13.0. The first kappa shape index (κ1) is 16.3. The first-order valence-electron chi connectivity index (χ1n) is 9.55. The molecule has 136 valence electrons. The monoisotopic (exact) mass is 370 g/mol. The van der Waals surface area contributed by atoms with Crippen LogP contribution in [0.2, 0.25) is 5.02 Å². The molecule has 0 atom stereocenters. The van der Waals surface area contributed by atoms with Gasteiger partial charge >= 0.3 is 0 Å². The highest BCUT2D eigenvalue weighted by Crippen LogP contribution is 2.58. The molecule has 26 heavy (non-hydrogen) atoms. The van der Waals surface area contributed by atoms with E-state index in [1.165, 1.54) is 19.3 Å². The summed E-state index contributed by atoms with van der Waals surface area (Å²) >= 11 is 6.45. The van der Waals surface area contributed by atoms with Gasteiger partial charge in [0.1, 0.15) is 5.02 Å². The molecule has 0 aliphatic heterocycles. The van der Waals surface area contributed by atoms with Crippen molar-refractivity contribution in [2.24, 2.45) is 17.8 Å². The molecule has 0 amide bonds. The third-order valence-electron chi connectivity index (χ3n) is 6.56. The van der Waals surface area contributed by atoms with Gasteiger partial charge in [-0.05, 0) is 68.4 Å². The summed E-state index contributed by atoms with van der Waals surface area (Å²) in [6.07, 6.45) is 10.7. The summed E-state index contributed by atoms with van der Waals surface area (Å²) in [6, 6.07) is 5.75. The topological polar surface area (TPSA) is 59.8 Å². The Hall–Kier alpha value is -1.88. The van der Waals surface area contributed by atoms with Gasteiger partial charge in [-0.3, -0.25) is 9.78 Å². The van der Waals surface area contributed by atoms with Gasteiger partial charge in [-0.25, -0.2) is 4.68 Å². The SMILES string of the molecule is O=c1c(Cl)c(NCc2ccccn2)cnn1C12CC3CC(CC(C3)C1)C2. The van der Waals surface area contributed by atoms with Crippen molar-refractivity contribution in [1.82, 2.24) is 14.8 Å². The van der Waals surface area contributed by atoms with Gasteiger partial charge in [-0.15, -0.1) is 0 Å². The number of halogens is 1. The lowest BCUT2D eigenvalue weighted by Gasteiger charge is -2.56. The van der Waals surface area contributed by atoms with Gasteiger partial charge in [-0.2, -0.15) is 5.10 Å². The fourth-order valence-electron chi connectivity index (χ4n) is 5.91. The number of anilines is 1. The quantitative estimate of drug-likeness (QED) is 0.888. The Morgan fingerprint density at radius 2 is 1.85 bits per heavy atom. The lowest BCUT2D eigenvalue weighted by atomic mass is 9.53. The lowest BCUT2D eigenvalue weighted by molar-refractivity contribution is -0.0518. The number of hydrogen-bond acceptors (Lipinski definition) is 4. The fourth-order valence-corrected chi connectivity index (χ4v) is 6.10. The zero-order valence-corrected chi connectivity index (χ0v) is 15.5. The van der Waals surface area contributed by atoms with Crippen molar-refractivity contribution in [2.45, 2.75) is 50.6 Å². The Bertz CT molecular complexity index is 844. The predicted molar refractivity (Wildman–Crippen MR) is 101 cm³/mol. The molecule has 6 heteroatoms. The van der Waals surface area contributed by atoms with E-state index in [9.17, 15) is 4.79 Å². The molecule has 4 bridgehead atoms. The number of nitrogens with zero attached hydrogens (tertiary/aromatic N) is 3. The zero-order chi connectivity index (χ0) is 17.7. The van der Waals surface area contributed by atoms with E-state index in [0.717, 1.165) is 42.7 Å². The van der Waals surface area contributed by atoms with Crippen molar-refractivity contribution in [3.8, 4) is 0 Å². The molecule has 1 N–H and O–H groups in total. The summed E-state index contributed by atoms with van der Waals surface area (Å²) in [5, 5.41) is 8.02. The van der Waals surface area contributed by atoms with Crippen LogP contribution in [-0.4, -0.2) is 14.8 Å². The Kier molecular flexibility index (Phi) is 3.82. The average Bonchev–Trinajstić information content (AvgIpc) is 2.62. The Labute approximate surface area is 157 Å². The molecule has 0 saturated heterocycles. The van der Waals surface area contributed by atoms with Crippen molar-refractivity contribution < 1.29 is 0 Å². The molecule has 5 nitrogen and oxygen atoms in total. The number of hydrogen-bond donors (Lipinski definition) is 1. The zero-order valence-electron chi connectivity index (χ0n) is 14.7. The molecule has 6 rings (SSSR count). The number of nitrogens with one attached hydrogen (secondary N) is 1. The Morgan fingerprint density at radius 3 is 2.46 bits per heavy atom. The highest BCUT2D eigenvalue weighted by atomic mass is 35.5. The third kappa shape index (κ3) is 2.64. The van der Waals surface area contributed by atoms with Gasteiger partial charge in [0.05, 0.1) is 29.7 Å². The van der Waals surface area contributed by atoms with E-state index < -0.39 is 0 Å². The smallest absolute Gasteiger partial charge is 0.288 e. The molecule has 2 heterocycles. The summed E-state index contributed by atoms with van der Waals surface area (Å²) in [5.41, 5.74) is 1.23. The standard InChI is InChI=1S/C20H23ClN4O/c21-18-17(23-11-16-3-1-2-4-22-16)12-24-25(19(18)26)20-8-13-5-14(9-20)7-15(6-13)10-20/h1-4,12-15,23H,5-11H2. The second kappa shape index (κ2) is 6.08. The van der Waals surface area contributed by atoms with E-state index in [0.29, 0.717) is 12.2 Å². The van der Waals surface area contributed by atoms with Gasteiger partial charge in [-0.1, -0.05) is 17.7 Å². The van der Waals surface area contributed by atoms with Crippen LogP contribution in [0.25, 0.3) is 0 Å². The van der Waals surface area contributed by atoms with Crippen molar-refractivity contribution in [3.05, 3.63) is 51.7 Å². The van der Waals surface area contributed by atoms with Crippen molar-refractivity contribution in [1.29, 1.82) is 0 Å². The third-order valence-corrected chi connectivity index (χ3v) is 6.93. The first-order chi connectivity index (χ1) is 12.6. The molecule has 4 saturated carbocycles. The van der Waals surface area contributed by atoms with E-state index in [-0.39, 0.29) is 16.1 Å². The summed E-state index contributed by atoms with van der Waals surface area (Å²) in [4.78, 5) is 17.3. The Balaban J connectivity index is 1.43. The van der Waals surface area contributed by atoms with E-state index in [2.05, 4.69) is 15.4 Å². The molecule has 0 spiro atoms. The summed E-state index contributed by atoms with van der Waals surface area (Å²) in [5.74, 6) is 2.28. The van der Waals surface area contributed by atoms with E-state index in [4.69, 9.17) is 11.6 Å². The van der Waals surface area contributed by atoms with Gasteiger partial charge in [0.25, 0.3) is 5.56 Å². The first-order valence-corrected chi connectivity index (χ1v) is 9.93. The lowest BCUT2D eigenvalue weighted by Crippen LogP contribution is -2.55. The second-order valence-electron chi connectivity index (χ2n) is 8.41. The van der Waals surface area contributed by atoms with Gasteiger partial charge in [0.2, 0.25) is 0 Å². The highest BCUT2D eigenvalue weighted by molar-refractivity contribution is 6.32. The molecule has 0 aromatic carbocycles. The average molecular weight is 371 g/mol. The summed E-state index contributed by atoms with van der Waals surface area (Å²) < 4.78 is 1.73. The number of aromatic nitrogens is 3. The minimum absolute atomic E-state index is 0.102. The van der Waals surface area contributed by atoms with Crippen LogP contribution in [0.5, 0.6) is 0 Å². The summed E-state index contributed by atoms with van der Waals surface area (Å²) in [6.45, 7) is 0.517. The van der Waals surface area contributed by atoms with E-state index in [1.807, 2.05) is 18.2 Å². The van der Waals surface area contributed by atoms with Crippen LogP contribution >= 0.6 is 11.6 Å². The fraction of sp³-hybridized carbons (Fsp3) is 0.550. The molecule has 0 radical (unpaired) electrons. The molecule has 2 aromatic rings. The normalized spacial score (nSPS) is 32.0. The molecule has 4 fully saturated rings. The molecular weight excluding hydrogens is 348 g/mol. The minimum Gasteiger partial charge on any atom is -0.377 e. The maximum Gasteiger partial charge on any atom is 0.288 e. The number of pyridine rings is 1. The Morgan fingerprint density at radius 1 is 1.15 bits per heavy atom.